The van der Waals surface area contributed by atoms with Crippen LogP contribution in [-0.4, -0.2) is 43.8 Å². The predicted octanol–water partition coefficient (Wildman–Crippen LogP) is 0.883. The van der Waals surface area contributed by atoms with Gasteiger partial charge in [0.05, 0.1) is 17.2 Å². The molecule has 0 aliphatic carbocycles. The highest BCUT2D eigenvalue weighted by Gasteiger charge is 2.21. The number of nitrogens with zero attached hydrogens (tertiary/aromatic N) is 2. The molecule has 1 N–H and O–H groups in total. The molecule has 0 saturated heterocycles. The molecule has 1 aromatic rings. The van der Waals surface area contributed by atoms with E-state index in [9.17, 15) is 23.3 Å². The Labute approximate surface area is 129 Å². The van der Waals surface area contributed by atoms with E-state index in [1.54, 1.807) is 13.8 Å². The highest BCUT2D eigenvalue weighted by molar-refractivity contribution is 7.88. The van der Waals surface area contributed by atoms with Crippen LogP contribution in [0.3, 0.4) is 0 Å². The Morgan fingerprint density at radius 1 is 1.27 bits per heavy atom. The third kappa shape index (κ3) is 5.08. The zero-order valence-electron chi connectivity index (χ0n) is 12.5. The molecule has 0 aliphatic heterocycles. The molecule has 0 unspecified atom stereocenters. The Morgan fingerprint density at radius 3 is 2.41 bits per heavy atom. The van der Waals surface area contributed by atoms with Crippen molar-refractivity contribution in [3.8, 4) is 0 Å². The minimum atomic E-state index is -3.84. The molecule has 0 atom stereocenters. The molecule has 22 heavy (non-hydrogen) atoms. The van der Waals surface area contributed by atoms with Crippen molar-refractivity contribution >= 4 is 21.6 Å². The van der Waals surface area contributed by atoms with Gasteiger partial charge in [-0.25, -0.2) is 13.1 Å². The number of rotatable bonds is 8. The van der Waals surface area contributed by atoms with E-state index in [2.05, 4.69) is 4.72 Å². The molecule has 0 spiro atoms. The molecular weight excluding hydrogens is 310 g/mol. The first-order chi connectivity index (χ1) is 10.3. The largest absolute Gasteiger partial charge is 0.342 e. The number of carbonyl (C=O) groups is 1. The van der Waals surface area contributed by atoms with Gasteiger partial charge in [-0.15, -0.1) is 0 Å². The molecular formula is C13H19N3O5S. The number of hydrogen-bond acceptors (Lipinski definition) is 5. The summed E-state index contributed by atoms with van der Waals surface area (Å²) >= 11 is 0. The molecule has 0 radical (unpaired) electrons. The van der Waals surface area contributed by atoms with Gasteiger partial charge >= 0.3 is 0 Å². The van der Waals surface area contributed by atoms with Crippen LogP contribution >= 0.6 is 0 Å². The number of hydrogen-bond donors (Lipinski definition) is 1. The second kappa shape index (κ2) is 7.85. The molecule has 9 heteroatoms. The molecule has 1 amide bonds. The zero-order chi connectivity index (χ0) is 16.8. The number of likely N-dealkylation sites (N-methyl/N-ethyl adjacent to an activating group) is 1. The van der Waals surface area contributed by atoms with Gasteiger partial charge in [0.1, 0.15) is 0 Å². The van der Waals surface area contributed by atoms with E-state index < -0.39 is 20.7 Å². The van der Waals surface area contributed by atoms with E-state index in [4.69, 9.17) is 0 Å². The van der Waals surface area contributed by atoms with Crippen LogP contribution in [0.4, 0.5) is 5.69 Å². The van der Waals surface area contributed by atoms with Crippen LogP contribution in [0.2, 0.25) is 0 Å². The number of nitro benzene ring substituents is 1. The molecule has 0 heterocycles. The van der Waals surface area contributed by atoms with E-state index in [0.29, 0.717) is 13.1 Å². The summed E-state index contributed by atoms with van der Waals surface area (Å²) in [6, 6.07) is 5.61. The van der Waals surface area contributed by atoms with Crippen LogP contribution in [0, 0.1) is 10.1 Å². The Bertz CT molecular complexity index is 641. The van der Waals surface area contributed by atoms with Crippen LogP contribution in [0.5, 0.6) is 0 Å². The summed E-state index contributed by atoms with van der Waals surface area (Å²) < 4.78 is 26.1. The summed E-state index contributed by atoms with van der Waals surface area (Å²) in [7, 11) is -3.84. The van der Waals surface area contributed by atoms with Crippen molar-refractivity contribution < 1.29 is 18.1 Å². The van der Waals surface area contributed by atoms with Crippen LogP contribution < -0.4 is 4.72 Å². The second-order valence-corrected chi connectivity index (χ2v) is 6.34. The normalized spacial score (nSPS) is 11.2. The van der Waals surface area contributed by atoms with E-state index in [1.165, 1.54) is 29.2 Å². The molecule has 0 aliphatic rings. The maximum atomic E-state index is 12.0. The standard InChI is InChI=1S/C13H19N3O5S/c1-3-15(4-2)13(17)9-14-22(20,21)10-11-7-5-6-8-12(11)16(18)19/h5-8,14H,3-4,9-10H2,1-2H3. The van der Waals surface area contributed by atoms with Gasteiger partial charge in [-0.2, -0.15) is 0 Å². The first kappa shape index (κ1) is 18.1. The molecule has 0 saturated carbocycles. The monoisotopic (exact) mass is 329 g/mol. The third-order valence-corrected chi connectivity index (χ3v) is 4.37. The first-order valence-corrected chi connectivity index (χ1v) is 8.43. The van der Waals surface area contributed by atoms with Gasteiger partial charge in [0.2, 0.25) is 15.9 Å². The summed E-state index contributed by atoms with van der Waals surface area (Å²) in [6.07, 6.45) is 0. The summed E-state index contributed by atoms with van der Waals surface area (Å²) in [5, 5.41) is 10.9. The fourth-order valence-electron chi connectivity index (χ4n) is 1.93. The van der Waals surface area contributed by atoms with Gasteiger partial charge in [0.25, 0.3) is 5.69 Å². The number of benzene rings is 1. The molecule has 0 aromatic heterocycles. The maximum absolute atomic E-state index is 12.0. The SMILES string of the molecule is CCN(CC)C(=O)CNS(=O)(=O)Cc1ccccc1[N+](=O)[O-]. The van der Waals surface area contributed by atoms with E-state index in [0.717, 1.165) is 0 Å². The first-order valence-electron chi connectivity index (χ1n) is 6.78. The van der Waals surface area contributed by atoms with Gasteiger partial charge < -0.3 is 4.90 Å². The molecule has 0 fully saturated rings. The van der Waals surface area contributed by atoms with Crippen LogP contribution in [-0.2, 0) is 20.6 Å². The lowest BCUT2D eigenvalue weighted by Crippen LogP contribution is -2.40. The van der Waals surface area contributed by atoms with Gasteiger partial charge in [0, 0.05) is 24.7 Å². The maximum Gasteiger partial charge on any atom is 0.273 e. The highest BCUT2D eigenvalue weighted by atomic mass is 32.2. The fourth-order valence-corrected chi connectivity index (χ4v) is 3.03. The smallest absolute Gasteiger partial charge is 0.273 e. The van der Waals surface area contributed by atoms with Gasteiger partial charge in [-0.1, -0.05) is 18.2 Å². The van der Waals surface area contributed by atoms with Gasteiger partial charge in [-0.05, 0) is 13.8 Å². The summed E-state index contributed by atoms with van der Waals surface area (Å²) in [6.45, 7) is 4.21. The van der Waals surface area contributed by atoms with Crippen molar-refractivity contribution in [2.45, 2.75) is 19.6 Å². The molecule has 122 valence electrons. The molecule has 0 bridgehead atoms. The lowest BCUT2D eigenvalue weighted by molar-refractivity contribution is -0.385. The van der Waals surface area contributed by atoms with Crippen LogP contribution in [0.1, 0.15) is 19.4 Å². The van der Waals surface area contributed by atoms with Crippen molar-refractivity contribution in [2.75, 3.05) is 19.6 Å². The Morgan fingerprint density at radius 2 is 1.86 bits per heavy atom. The van der Waals surface area contributed by atoms with Crippen molar-refractivity contribution in [2.24, 2.45) is 0 Å². The van der Waals surface area contributed by atoms with Crippen molar-refractivity contribution in [3.05, 3.63) is 39.9 Å². The number of sulfonamides is 1. The Balaban J connectivity index is 2.77. The quantitative estimate of drug-likeness (QED) is 0.562. The summed E-state index contributed by atoms with van der Waals surface area (Å²) in [5.74, 6) is -0.883. The third-order valence-electron chi connectivity index (χ3n) is 3.09. The zero-order valence-corrected chi connectivity index (χ0v) is 13.3. The number of amides is 1. The molecule has 8 nitrogen and oxygen atoms in total. The number of nitrogens with one attached hydrogen (secondary N) is 1. The average Bonchev–Trinajstić information content (AvgIpc) is 2.46. The fraction of sp³-hybridized carbons (Fsp3) is 0.462. The van der Waals surface area contributed by atoms with Gasteiger partial charge in [-0.3, -0.25) is 14.9 Å². The summed E-state index contributed by atoms with van der Waals surface area (Å²) in [5.41, 5.74) is -0.182. The lowest BCUT2D eigenvalue weighted by Gasteiger charge is -2.18. The van der Waals surface area contributed by atoms with Crippen molar-refractivity contribution in [1.29, 1.82) is 0 Å². The topological polar surface area (TPSA) is 110 Å². The van der Waals surface area contributed by atoms with Crippen molar-refractivity contribution in [3.63, 3.8) is 0 Å². The second-order valence-electron chi connectivity index (χ2n) is 4.53. The molecule has 1 rings (SSSR count). The minimum absolute atomic E-state index is 0.0790. The van der Waals surface area contributed by atoms with E-state index in [-0.39, 0.29) is 23.7 Å². The van der Waals surface area contributed by atoms with E-state index in [1.807, 2.05) is 0 Å². The van der Waals surface area contributed by atoms with Crippen molar-refractivity contribution in [1.82, 2.24) is 9.62 Å². The Kier molecular flexibility index (Phi) is 6.44. The number of para-hydroxylation sites is 1. The van der Waals surface area contributed by atoms with E-state index >= 15 is 0 Å². The number of nitro groups is 1. The summed E-state index contributed by atoms with van der Waals surface area (Å²) in [4.78, 5) is 23.5. The minimum Gasteiger partial charge on any atom is -0.342 e. The molecule has 1 aromatic carbocycles. The Hall–Kier alpha value is -2.00. The number of carbonyl (C=O) groups excluding carboxylic acids is 1. The van der Waals surface area contributed by atoms with Gasteiger partial charge in [0.15, 0.2) is 0 Å². The van der Waals surface area contributed by atoms with Crippen LogP contribution in [0.15, 0.2) is 24.3 Å². The highest BCUT2D eigenvalue weighted by Crippen LogP contribution is 2.19. The predicted molar refractivity (Wildman–Crippen MR) is 81.7 cm³/mol. The average molecular weight is 329 g/mol. The lowest BCUT2D eigenvalue weighted by atomic mass is 10.2. The van der Waals surface area contributed by atoms with Crippen LogP contribution in [0.25, 0.3) is 0 Å².